The molecule has 9 heteroatoms. The first-order valence-corrected chi connectivity index (χ1v) is 11.7. The van der Waals surface area contributed by atoms with E-state index in [1.54, 1.807) is 33.7 Å². The van der Waals surface area contributed by atoms with Crippen molar-refractivity contribution >= 4 is 28.4 Å². The fourth-order valence-corrected chi connectivity index (χ4v) is 4.65. The highest BCUT2D eigenvalue weighted by Crippen LogP contribution is 2.37. The smallest absolute Gasteiger partial charge is 0.372 e. The van der Waals surface area contributed by atoms with Gasteiger partial charge in [0.2, 0.25) is 0 Å². The van der Waals surface area contributed by atoms with Gasteiger partial charge in [0.05, 0.1) is 23.2 Å². The second-order valence-electron chi connectivity index (χ2n) is 8.94. The first-order chi connectivity index (χ1) is 17.2. The summed E-state index contributed by atoms with van der Waals surface area (Å²) in [5.41, 5.74) is -0.573. The summed E-state index contributed by atoms with van der Waals surface area (Å²) in [6, 6.07) is 20.2. The third-order valence-corrected chi connectivity index (χ3v) is 6.06. The maximum absolute atomic E-state index is 14.3. The molecule has 0 bridgehead atoms. The van der Waals surface area contributed by atoms with E-state index in [4.69, 9.17) is 4.74 Å². The van der Waals surface area contributed by atoms with Crippen LogP contribution in [0.4, 0.5) is 30.5 Å². The minimum atomic E-state index is -4.75. The Morgan fingerprint density at radius 1 is 0.944 bits per heavy atom. The molecule has 2 unspecified atom stereocenters. The number of nitrogens with zero attached hydrogens (tertiary/aromatic N) is 3. The molecule has 3 heterocycles. The fraction of sp³-hybridized carbons (Fsp3) is 0.259. The Bertz CT molecular complexity index is 1430. The summed E-state index contributed by atoms with van der Waals surface area (Å²) < 4.78 is 50.4. The van der Waals surface area contributed by atoms with Crippen LogP contribution in [0.5, 0.6) is 0 Å². The van der Waals surface area contributed by atoms with E-state index in [1.807, 2.05) is 50.2 Å². The minimum Gasteiger partial charge on any atom is -0.372 e. The van der Waals surface area contributed by atoms with E-state index in [0.717, 1.165) is 6.07 Å². The Kier molecular flexibility index (Phi) is 6.17. The summed E-state index contributed by atoms with van der Waals surface area (Å²) in [6.07, 6.45) is -5.10. The van der Waals surface area contributed by atoms with Gasteiger partial charge in [-0.1, -0.05) is 36.4 Å². The van der Waals surface area contributed by atoms with Crippen LogP contribution in [0, 0.1) is 0 Å². The SMILES string of the molecule is CC1CN(c2cc(C(F)(F)F)c3c(=O)cc(Nc4ccccc4)n(-c4ccccc4)c3n2)CC(C)O1. The molecule has 1 fully saturated rings. The first-order valence-electron chi connectivity index (χ1n) is 11.7. The van der Waals surface area contributed by atoms with Crippen molar-refractivity contribution in [3.63, 3.8) is 0 Å². The summed E-state index contributed by atoms with van der Waals surface area (Å²) >= 11 is 0. The number of hydrogen-bond donors (Lipinski definition) is 1. The molecule has 1 aliphatic rings. The predicted molar refractivity (Wildman–Crippen MR) is 134 cm³/mol. The van der Waals surface area contributed by atoms with Crippen molar-refractivity contribution in [1.82, 2.24) is 9.55 Å². The lowest BCUT2D eigenvalue weighted by molar-refractivity contribution is -0.136. The molecule has 0 saturated carbocycles. The monoisotopic (exact) mass is 494 g/mol. The molecule has 1 N–H and O–H groups in total. The third-order valence-electron chi connectivity index (χ3n) is 6.06. The van der Waals surface area contributed by atoms with Gasteiger partial charge in [-0.15, -0.1) is 0 Å². The van der Waals surface area contributed by atoms with Crippen LogP contribution < -0.4 is 15.6 Å². The number of halogens is 3. The number of morpholine rings is 1. The highest BCUT2D eigenvalue weighted by atomic mass is 19.4. The van der Waals surface area contributed by atoms with Gasteiger partial charge >= 0.3 is 6.18 Å². The summed E-state index contributed by atoms with van der Waals surface area (Å²) in [7, 11) is 0. The van der Waals surface area contributed by atoms with Crippen LogP contribution in [0.1, 0.15) is 19.4 Å². The Labute approximate surface area is 206 Å². The standard InChI is InChI=1S/C27H25F3N4O2/c1-17-15-33(16-18(2)36-17)23-13-21(27(28,29)30)25-22(35)14-24(31-19-9-5-3-6-10-19)34(26(25)32-23)20-11-7-4-8-12-20/h3-14,17-18,31H,15-16H2,1-2H3. The van der Waals surface area contributed by atoms with Crippen LogP contribution in [0.2, 0.25) is 0 Å². The lowest BCUT2D eigenvalue weighted by atomic mass is 10.1. The van der Waals surface area contributed by atoms with Crippen LogP contribution in [-0.4, -0.2) is 34.8 Å². The highest BCUT2D eigenvalue weighted by Gasteiger charge is 2.37. The molecular formula is C27H25F3N4O2. The van der Waals surface area contributed by atoms with E-state index in [-0.39, 0.29) is 23.7 Å². The summed E-state index contributed by atoms with van der Waals surface area (Å²) in [4.78, 5) is 19.7. The van der Waals surface area contributed by atoms with Crippen LogP contribution in [0.15, 0.2) is 77.6 Å². The number of aromatic nitrogens is 2. The molecule has 1 saturated heterocycles. The van der Waals surface area contributed by atoms with Gasteiger partial charge in [0, 0.05) is 30.5 Å². The zero-order chi connectivity index (χ0) is 25.4. The Morgan fingerprint density at radius 2 is 1.56 bits per heavy atom. The first kappa shape index (κ1) is 23.9. The molecule has 0 aliphatic carbocycles. The zero-order valence-corrected chi connectivity index (χ0v) is 19.8. The number of alkyl halides is 3. The molecule has 186 valence electrons. The quantitative estimate of drug-likeness (QED) is 0.391. The summed E-state index contributed by atoms with van der Waals surface area (Å²) in [5, 5.41) is 2.71. The molecule has 1 aliphatic heterocycles. The fourth-order valence-electron chi connectivity index (χ4n) is 4.65. The van der Waals surface area contributed by atoms with Gasteiger partial charge in [-0.05, 0) is 44.2 Å². The number of fused-ring (bicyclic) bond motifs is 1. The van der Waals surface area contributed by atoms with Crippen LogP contribution in [0.25, 0.3) is 16.7 Å². The van der Waals surface area contributed by atoms with E-state index in [9.17, 15) is 18.0 Å². The van der Waals surface area contributed by atoms with Crippen LogP contribution in [-0.2, 0) is 10.9 Å². The molecule has 5 rings (SSSR count). The van der Waals surface area contributed by atoms with E-state index in [1.165, 1.54) is 6.07 Å². The van der Waals surface area contributed by atoms with Crippen molar-refractivity contribution in [1.29, 1.82) is 0 Å². The lowest BCUT2D eigenvalue weighted by Crippen LogP contribution is -2.46. The highest BCUT2D eigenvalue weighted by molar-refractivity contribution is 5.86. The molecule has 36 heavy (non-hydrogen) atoms. The van der Waals surface area contributed by atoms with Crippen molar-refractivity contribution in [3.05, 3.63) is 88.6 Å². The molecule has 0 radical (unpaired) electrons. The molecule has 2 aromatic heterocycles. The van der Waals surface area contributed by atoms with Gasteiger partial charge in [-0.2, -0.15) is 13.2 Å². The zero-order valence-electron chi connectivity index (χ0n) is 19.8. The molecular weight excluding hydrogens is 469 g/mol. The average Bonchev–Trinajstić information content (AvgIpc) is 2.83. The number of para-hydroxylation sites is 2. The Hall–Kier alpha value is -3.85. The molecule has 6 nitrogen and oxygen atoms in total. The predicted octanol–water partition coefficient (Wildman–Crippen LogP) is 5.76. The van der Waals surface area contributed by atoms with E-state index in [2.05, 4.69) is 10.3 Å². The van der Waals surface area contributed by atoms with Gasteiger partial charge in [-0.3, -0.25) is 9.36 Å². The van der Waals surface area contributed by atoms with E-state index < -0.39 is 22.6 Å². The normalized spacial score (nSPS) is 18.4. The topological polar surface area (TPSA) is 59.4 Å². The summed E-state index contributed by atoms with van der Waals surface area (Å²) in [6.45, 7) is 4.52. The van der Waals surface area contributed by atoms with Crippen molar-refractivity contribution in [2.45, 2.75) is 32.2 Å². The summed E-state index contributed by atoms with van der Waals surface area (Å²) in [5.74, 6) is 0.462. The largest absolute Gasteiger partial charge is 0.417 e. The number of rotatable bonds is 4. The van der Waals surface area contributed by atoms with Crippen molar-refractivity contribution in [2.24, 2.45) is 0 Å². The number of benzene rings is 2. The molecule has 2 atom stereocenters. The molecule has 2 aromatic carbocycles. The van der Waals surface area contributed by atoms with E-state index in [0.29, 0.717) is 30.3 Å². The van der Waals surface area contributed by atoms with Crippen molar-refractivity contribution in [2.75, 3.05) is 23.3 Å². The number of ether oxygens (including phenoxy) is 1. The van der Waals surface area contributed by atoms with Crippen LogP contribution in [0.3, 0.4) is 0 Å². The van der Waals surface area contributed by atoms with Crippen molar-refractivity contribution < 1.29 is 17.9 Å². The number of pyridine rings is 2. The number of nitrogens with one attached hydrogen (secondary N) is 1. The lowest BCUT2D eigenvalue weighted by Gasteiger charge is -2.36. The van der Waals surface area contributed by atoms with Gasteiger partial charge in [0.1, 0.15) is 11.6 Å². The van der Waals surface area contributed by atoms with Crippen LogP contribution >= 0.6 is 0 Å². The van der Waals surface area contributed by atoms with Gasteiger partial charge in [0.15, 0.2) is 11.1 Å². The second kappa shape index (κ2) is 9.31. The average molecular weight is 495 g/mol. The maximum atomic E-state index is 14.3. The van der Waals surface area contributed by atoms with E-state index >= 15 is 0 Å². The number of hydrogen-bond acceptors (Lipinski definition) is 5. The Morgan fingerprint density at radius 3 is 2.17 bits per heavy atom. The van der Waals surface area contributed by atoms with Gasteiger partial charge in [-0.25, -0.2) is 4.98 Å². The molecule has 0 amide bonds. The molecule has 4 aromatic rings. The third kappa shape index (κ3) is 4.66. The van der Waals surface area contributed by atoms with Gasteiger partial charge in [0.25, 0.3) is 0 Å². The molecule has 0 spiro atoms. The maximum Gasteiger partial charge on any atom is 0.417 e. The van der Waals surface area contributed by atoms with Gasteiger partial charge < -0.3 is 15.0 Å². The van der Waals surface area contributed by atoms with Crippen molar-refractivity contribution in [3.8, 4) is 5.69 Å². The Balaban J connectivity index is 1.82. The minimum absolute atomic E-state index is 0.0660. The number of anilines is 3. The second-order valence-corrected chi connectivity index (χ2v) is 8.94.